The lowest BCUT2D eigenvalue weighted by Crippen LogP contribution is -2.15. The van der Waals surface area contributed by atoms with Gasteiger partial charge >= 0.3 is 0 Å². The molecule has 0 bridgehead atoms. The summed E-state index contributed by atoms with van der Waals surface area (Å²) in [5.41, 5.74) is 2.99. The van der Waals surface area contributed by atoms with Gasteiger partial charge in [-0.3, -0.25) is 0 Å². The Morgan fingerprint density at radius 1 is 1.12 bits per heavy atom. The molecule has 0 aliphatic heterocycles. The van der Waals surface area contributed by atoms with Crippen LogP contribution in [0.1, 0.15) is 51.2 Å². The molecule has 0 spiro atoms. The highest BCUT2D eigenvalue weighted by Gasteiger charge is 2.02. The van der Waals surface area contributed by atoms with E-state index in [1.807, 2.05) is 0 Å². The molecule has 0 aromatic heterocycles. The first kappa shape index (κ1) is 14.2. The van der Waals surface area contributed by atoms with E-state index in [9.17, 15) is 0 Å². The first-order valence-corrected chi connectivity index (χ1v) is 7.01. The van der Waals surface area contributed by atoms with Crippen LogP contribution < -0.4 is 5.32 Å². The first-order chi connectivity index (χ1) is 8.24. The van der Waals surface area contributed by atoms with Gasteiger partial charge in [-0.15, -0.1) is 0 Å². The highest BCUT2D eigenvalue weighted by molar-refractivity contribution is 5.27. The minimum atomic E-state index is 0.788. The minimum absolute atomic E-state index is 0.788. The maximum Gasteiger partial charge on any atom is 0.0208 e. The molecular weight excluding hydrogens is 206 g/mol. The molecule has 0 saturated carbocycles. The molecule has 0 fully saturated rings. The molecule has 0 atom stereocenters. The van der Waals surface area contributed by atoms with Crippen molar-refractivity contribution in [2.45, 2.75) is 53.0 Å². The first-order valence-electron chi connectivity index (χ1n) is 7.01. The second-order valence-corrected chi connectivity index (χ2v) is 5.23. The Bertz CT molecular complexity index is 304. The van der Waals surface area contributed by atoms with Crippen LogP contribution in [0.5, 0.6) is 0 Å². The standard InChI is InChI=1S/C16H27N/c1-4-5-12-17-13-16-9-7-6-8-15(16)11-10-14(2)3/h6-9,14,17H,4-5,10-13H2,1-3H3. The third-order valence-electron chi connectivity index (χ3n) is 3.13. The van der Waals surface area contributed by atoms with E-state index in [4.69, 9.17) is 0 Å². The second-order valence-electron chi connectivity index (χ2n) is 5.23. The fraction of sp³-hybridized carbons (Fsp3) is 0.625. The summed E-state index contributed by atoms with van der Waals surface area (Å²) in [5.74, 6) is 0.788. The zero-order valence-corrected chi connectivity index (χ0v) is 11.6. The summed E-state index contributed by atoms with van der Waals surface area (Å²) in [6, 6.07) is 8.84. The Morgan fingerprint density at radius 2 is 1.82 bits per heavy atom. The van der Waals surface area contributed by atoms with Gasteiger partial charge in [-0.1, -0.05) is 51.5 Å². The average molecular weight is 233 g/mol. The van der Waals surface area contributed by atoms with Crippen LogP contribution >= 0.6 is 0 Å². The maximum atomic E-state index is 3.53. The van der Waals surface area contributed by atoms with Crippen molar-refractivity contribution < 1.29 is 0 Å². The zero-order valence-electron chi connectivity index (χ0n) is 11.6. The summed E-state index contributed by atoms with van der Waals surface area (Å²) in [6.07, 6.45) is 5.03. The van der Waals surface area contributed by atoms with Crippen LogP contribution in [0.4, 0.5) is 0 Å². The van der Waals surface area contributed by atoms with Gasteiger partial charge in [0.05, 0.1) is 0 Å². The lowest BCUT2D eigenvalue weighted by atomic mass is 9.98. The summed E-state index contributed by atoms with van der Waals surface area (Å²) in [5, 5.41) is 3.53. The number of unbranched alkanes of at least 4 members (excludes halogenated alkanes) is 1. The fourth-order valence-corrected chi connectivity index (χ4v) is 1.94. The summed E-state index contributed by atoms with van der Waals surface area (Å²) in [4.78, 5) is 0. The van der Waals surface area contributed by atoms with Crippen LogP contribution in [0.2, 0.25) is 0 Å². The Labute approximate surface area is 107 Å². The molecule has 17 heavy (non-hydrogen) atoms. The van der Waals surface area contributed by atoms with Gasteiger partial charge in [-0.05, 0) is 42.9 Å². The third-order valence-corrected chi connectivity index (χ3v) is 3.13. The van der Waals surface area contributed by atoms with Crippen LogP contribution in [0, 0.1) is 5.92 Å². The van der Waals surface area contributed by atoms with Gasteiger partial charge in [0.25, 0.3) is 0 Å². The van der Waals surface area contributed by atoms with Crippen molar-refractivity contribution in [3.05, 3.63) is 35.4 Å². The number of aryl methyl sites for hydroxylation is 1. The van der Waals surface area contributed by atoms with Gasteiger partial charge in [0.1, 0.15) is 0 Å². The quantitative estimate of drug-likeness (QED) is 0.665. The van der Waals surface area contributed by atoms with E-state index in [0.29, 0.717) is 0 Å². The van der Waals surface area contributed by atoms with Crippen LogP contribution in [-0.4, -0.2) is 6.54 Å². The maximum absolute atomic E-state index is 3.53. The molecule has 1 aromatic rings. The van der Waals surface area contributed by atoms with E-state index in [1.54, 1.807) is 0 Å². The topological polar surface area (TPSA) is 12.0 Å². The molecule has 1 rings (SSSR count). The van der Waals surface area contributed by atoms with Crippen molar-refractivity contribution >= 4 is 0 Å². The van der Waals surface area contributed by atoms with Crippen molar-refractivity contribution in [2.24, 2.45) is 5.92 Å². The molecule has 1 heteroatoms. The Hall–Kier alpha value is -0.820. The Balaban J connectivity index is 2.46. The lowest BCUT2D eigenvalue weighted by molar-refractivity contribution is 0.581. The van der Waals surface area contributed by atoms with Crippen LogP contribution in [0.25, 0.3) is 0 Å². The molecule has 1 nitrogen and oxygen atoms in total. The van der Waals surface area contributed by atoms with Crippen molar-refractivity contribution in [3.63, 3.8) is 0 Å². The Morgan fingerprint density at radius 3 is 2.47 bits per heavy atom. The summed E-state index contributed by atoms with van der Waals surface area (Å²) < 4.78 is 0. The molecule has 0 amide bonds. The highest BCUT2D eigenvalue weighted by Crippen LogP contribution is 2.14. The molecule has 0 aliphatic carbocycles. The molecule has 96 valence electrons. The number of hydrogen-bond acceptors (Lipinski definition) is 1. The van der Waals surface area contributed by atoms with Crippen molar-refractivity contribution in [1.29, 1.82) is 0 Å². The molecule has 0 radical (unpaired) electrons. The summed E-state index contributed by atoms with van der Waals surface area (Å²) in [6.45, 7) is 8.98. The largest absolute Gasteiger partial charge is 0.313 e. The minimum Gasteiger partial charge on any atom is -0.313 e. The average Bonchev–Trinajstić information content (AvgIpc) is 2.33. The molecule has 0 unspecified atom stereocenters. The van der Waals surface area contributed by atoms with Crippen LogP contribution in [-0.2, 0) is 13.0 Å². The lowest BCUT2D eigenvalue weighted by Gasteiger charge is -2.11. The molecule has 1 aromatic carbocycles. The van der Waals surface area contributed by atoms with Crippen molar-refractivity contribution in [2.75, 3.05) is 6.54 Å². The van der Waals surface area contributed by atoms with E-state index < -0.39 is 0 Å². The van der Waals surface area contributed by atoms with Gasteiger partial charge in [-0.25, -0.2) is 0 Å². The predicted molar refractivity (Wildman–Crippen MR) is 76.2 cm³/mol. The van der Waals surface area contributed by atoms with Crippen LogP contribution in [0.15, 0.2) is 24.3 Å². The van der Waals surface area contributed by atoms with E-state index in [1.165, 1.54) is 36.8 Å². The van der Waals surface area contributed by atoms with Gasteiger partial charge in [-0.2, -0.15) is 0 Å². The number of rotatable bonds is 8. The van der Waals surface area contributed by atoms with E-state index in [2.05, 4.69) is 50.4 Å². The van der Waals surface area contributed by atoms with E-state index in [-0.39, 0.29) is 0 Å². The predicted octanol–water partition coefficient (Wildman–Crippen LogP) is 4.16. The number of benzene rings is 1. The zero-order chi connectivity index (χ0) is 12.5. The summed E-state index contributed by atoms with van der Waals surface area (Å²) >= 11 is 0. The monoisotopic (exact) mass is 233 g/mol. The van der Waals surface area contributed by atoms with E-state index in [0.717, 1.165) is 19.0 Å². The molecule has 0 heterocycles. The van der Waals surface area contributed by atoms with Crippen molar-refractivity contribution in [1.82, 2.24) is 5.32 Å². The molecule has 0 aliphatic rings. The third kappa shape index (κ3) is 5.88. The van der Waals surface area contributed by atoms with Gasteiger partial charge in [0, 0.05) is 6.54 Å². The number of nitrogens with one attached hydrogen (secondary N) is 1. The normalized spacial score (nSPS) is 11.1. The van der Waals surface area contributed by atoms with Crippen molar-refractivity contribution in [3.8, 4) is 0 Å². The van der Waals surface area contributed by atoms with Gasteiger partial charge in [0.2, 0.25) is 0 Å². The SMILES string of the molecule is CCCCNCc1ccccc1CCC(C)C. The fourth-order valence-electron chi connectivity index (χ4n) is 1.94. The highest BCUT2D eigenvalue weighted by atomic mass is 14.8. The smallest absolute Gasteiger partial charge is 0.0208 e. The number of hydrogen-bond donors (Lipinski definition) is 1. The van der Waals surface area contributed by atoms with E-state index >= 15 is 0 Å². The molecule has 0 saturated heterocycles. The van der Waals surface area contributed by atoms with Gasteiger partial charge in [0.15, 0.2) is 0 Å². The van der Waals surface area contributed by atoms with Gasteiger partial charge < -0.3 is 5.32 Å². The molecule has 1 N–H and O–H groups in total. The Kier molecular flexibility index (Phi) is 6.95. The summed E-state index contributed by atoms with van der Waals surface area (Å²) in [7, 11) is 0. The van der Waals surface area contributed by atoms with Crippen LogP contribution in [0.3, 0.4) is 0 Å². The molecular formula is C16H27N. The second kappa shape index (κ2) is 8.30.